The molecule has 0 bridgehead atoms. The topological polar surface area (TPSA) is 45.2 Å². The molecule has 1 fully saturated rings. The molecular weight excluding hydrogens is 304 g/mol. The summed E-state index contributed by atoms with van der Waals surface area (Å²) in [7, 11) is 0. The van der Waals surface area contributed by atoms with E-state index < -0.39 is 6.10 Å². The van der Waals surface area contributed by atoms with E-state index in [0.717, 1.165) is 34.0 Å². The van der Waals surface area contributed by atoms with Crippen molar-refractivity contribution in [3.8, 4) is 0 Å². The summed E-state index contributed by atoms with van der Waals surface area (Å²) in [6.07, 6.45) is 2.92. The summed E-state index contributed by atoms with van der Waals surface area (Å²) in [6, 6.07) is 10.0. The van der Waals surface area contributed by atoms with Gasteiger partial charge in [-0.15, -0.1) is 0 Å². The minimum Gasteiger partial charge on any atom is -0.387 e. The van der Waals surface area contributed by atoms with Gasteiger partial charge in [0.05, 0.1) is 11.6 Å². The number of halogens is 1. The quantitative estimate of drug-likeness (QED) is 0.835. The van der Waals surface area contributed by atoms with Crippen LogP contribution in [0.4, 0.5) is 0 Å². The molecule has 1 aliphatic rings. The van der Waals surface area contributed by atoms with Crippen LogP contribution in [-0.2, 0) is 0 Å². The number of piperidine rings is 1. The van der Waals surface area contributed by atoms with Crippen molar-refractivity contribution < 1.29 is 5.11 Å². The monoisotopic (exact) mass is 320 g/mol. The predicted octanol–water partition coefficient (Wildman–Crippen LogP) is 3.17. The maximum Gasteiger partial charge on any atom is 0.107 e. The molecule has 2 heterocycles. The number of benzene rings is 1. The van der Waals surface area contributed by atoms with E-state index in [2.05, 4.69) is 26.2 Å². The van der Waals surface area contributed by atoms with Crippen molar-refractivity contribution >= 4 is 26.8 Å². The Balaban J connectivity index is 2.03. The van der Waals surface area contributed by atoms with Crippen LogP contribution in [0, 0.1) is 0 Å². The number of aliphatic hydroxyl groups is 1. The van der Waals surface area contributed by atoms with Gasteiger partial charge in [-0.05, 0) is 53.0 Å². The lowest BCUT2D eigenvalue weighted by molar-refractivity contribution is 0.115. The van der Waals surface area contributed by atoms with Crippen LogP contribution < -0.4 is 5.32 Å². The van der Waals surface area contributed by atoms with E-state index in [1.165, 1.54) is 12.8 Å². The van der Waals surface area contributed by atoms with E-state index in [4.69, 9.17) is 0 Å². The number of aromatic nitrogens is 1. The number of fused-ring (bicyclic) bond motifs is 1. The van der Waals surface area contributed by atoms with E-state index in [-0.39, 0.29) is 6.04 Å². The molecule has 0 amide bonds. The number of hydrogen-bond donors (Lipinski definition) is 2. The van der Waals surface area contributed by atoms with Gasteiger partial charge in [-0.2, -0.15) is 0 Å². The minimum atomic E-state index is -0.482. The minimum absolute atomic E-state index is 0.145. The summed E-state index contributed by atoms with van der Waals surface area (Å²) in [5.74, 6) is 0. The van der Waals surface area contributed by atoms with Crippen LogP contribution in [0.3, 0.4) is 0 Å². The molecule has 2 N–H and O–H groups in total. The van der Waals surface area contributed by atoms with Gasteiger partial charge in [0.2, 0.25) is 0 Å². The molecule has 0 aliphatic carbocycles. The fourth-order valence-corrected chi connectivity index (χ4v) is 3.22. The van der Waals surface area contributed by atoms with Crippen LogP contribution in [0.1, 0.15) is 30.9 Å². The molecule has 1 aliphatic heterocycles. The molecule has 0 saturated carbocycles. The highest BCUT2D eigenvalue weighted by Gasteiger charge is 2.24. The summed E-state index contributed by atoms with van der Waals surface area (Å²) >= 11 is 3.43. The Bertz CT molecular complexity index is 581. The zero-order valence-electron chi connectivity index (χ0n) is 10.6. The standard InChI is InChI=1S/C15H17BrN2O/c16-14-9-11(10-5-1-2-6-12(10)18-14)15(19)13-7-3-4-8-17-13/h1-2,5-6,9,13,15,17,19H,3-4,7-8H2. The molecule has 3 rings (SSSR count). The Morgan fingerprint density at radius 1 is 1.32 bits per heavy atom. The van der Waals surface area contributed by atoms with Crippen molar-refractivity contribution in [2.24, 2.45) is 0 Å². The molecule has 3 nitrogen and oxygen atoms in total. The van der Waals surface area contributed by atoms with E-state index in [1.54, 1.807) is 0 Å². The first kappa shape index (κ1) is 13.0. The highest BCUT2D eigenvalue weighted by Crippen LogP contribution is 2.30. The smallest absolute Gasteiger partial charge is 0.107 e. The molecule has 19 heavy (non-hydrogen) atoms. The first-order chi connectivity index (χ1) is 9.25. The fraction of sp³-hybridized carbons (Fsp3) is 0.400. The Hall–Kier alpha value is -0.970. The van der Waals surface area contributed by atoms with Gasteiger partial charge in [0, 0.05) is 11.4 Å². The van der Waals surface area contributed by atoms with Gasteiger partial charge in [-0.25, -0.2) is 4.98 Å². The van der Waals surface area contributed by atoms with Gasteiger partial charge in [0.1, 0.15) is 4.60 Å². The zero-order valence-corrected chi connectivity index (χ0v) is 12.2. The summed E-state index contributed by atoms with van der Waals surface area (Å²) in [6.45, 7) is 0.992. The summed E-state index contributed by atoms with van der Waals surface area (Å²) in [4.78, 5) is 4.45. The van der Waals surface area contributed by atoms with E-state index in [0.29, 0.717) is 0 Å². The zero-order chi connectivity index (χ0) is 13.2. The van der Waals surface area contributed by atoms with Gasteiger partial charge < -0.3 is 10.4 Å². The molecule has 2 unspecified atom stereocenters. The lowest BCUT2D eigenvalue weighted by atomic mass is 9.93. The molecule has 1 saturated heterocycles. The third-order valence-electron chi connectivity index (χ3n) is 3.77. The normalized spacial score (nSPS) is 21.5. The Kier molecular flexibility index (Phi) is 3.82. The number of aliphatic hydroxyl groups excluding tert-OH is 1. The third kappa shape index (κ3) is 2.66. The molecule has 0 radical (unpaired) electrons. The first-order valence-electron chi connectivity index (χ1n) is 6.72. The maximum absolute atomic E-state index is 10.7. The summed E-state index contributed by atoms with van der Waals surface area (Å²) < 4.78 is 0.774. The molecular formula is C15H17BrN2O. The van der Waals surface area contributed by atoms with Gasteiger partial charge in [-0.1, -0.05) is 24.6 Å². The molecule has 2 aromatic rings. The summed E-state index contributed by atoms with van der Waals surface area (Å²) in [5.41, 5.74) is 1.87. The fourth-order valence-electron chi connectivity index (χ4n) is 2.78. The van der Waals surface area contributed by atoms with Crippen molar-refractivity contribution in [3.63, 3.8) is 0 Å². The van der Waals surface area contributed by atoms with Crippen LogP contribution in [0.2, 0.25) is 0 Å². The Morgan fingerprint density at radius 3 is 2.95 bits per heavy atom. The van der Waals surface area contributed by atoms with Crippen molar-refractivity contribution in [1.82, 2.24) is 10.3 Å². The lowest BCUT2D eigenvalue weighted by Gasteiger charge is -2.28. The summed E-state index contributed by atoms with van der Waals surface area (Å²) in [5, 5.41) is 15.1. The van der Waals surface area contributed by atoms with Crippen LogP contribution >= 0.6 is 15.9 Å². The van der Waals surface area contributed by atoms with Gasteiger partial charge in [-0.3, -0.25) is 0 Å². The maximum atomic E-state index is 10.7. The highest BCUT2D eigenvalue weighted by molar-refractivity contribution is 9.10. The molecule has 1 aromatic heterocycles. The Morgan fingerprint density at radius 2 is 2.16 bits per heavy atom. The number of hydrogen-bond acceptors (Lipinski definition) is 3. The molecule has 100 valence electrons. The van der Waals surface area contributed by atoms with E-state index >= 15 is 0 Å². The number of rotatable bonds is 2. The first-order valence-corrected chi connectivity index (χ1v) is 7.51. The van der Waals surface area contributed by atoms with Crippen LogP contribution in [0.25, 0.3) is 10.9 Å². The van der Waals surface area contributed by atoms with E-state index in [1.807, 2.05) is 30.3 Å². The van der Waals surface area contributed by atoms with Crippen LogP contribution in [0.15, 0.2) is 34.9 Å². The van der Waals surface area contributed by atoms with Crippen molar-refractivity contribution in [1.29, 1.82) is 0 Å². The average Bonchev–Trinajstić information content (AvgIpc) is 2.46. The van der Waals surface area contributed by atoms with Gasteiger partial charge in [0.25, 0.3) is 0 Å². The van der Waals surface area contributed by atoms with Crippen LogP contribution in [0.5, 0.6) is 0 Å². The molecule has 0 spiro atoms. The number of pyridine rings is 1. The van der Waals surface area contributed by atoms with Crippen molar-refractivity contribution in [3.05, 3.63) is 40.5 Å². The van der Waals surface area contributed by atoms with Crippen molar-refractivity contribution in [2.45, 2.75) is 31.4 Å². The predicted molar refractivity (Wildman–Crippen MR) is 80.0 cm³/mol. The largest absolute Gasteiger partial charge is 0.387 e. The number of nitrogens with zero attached hydrogens (tertiary/aromatic N) is 1. The van der Waals surface area contributed by atoms with Crippen LogP contribution in [-0.4, -0.2) is 22.7 Å². The van der Waals surface area contributed by atoms with Gasteiger partial charge in [0.15, 0.2) is 0 Å². The second kappa shape index (κ2) is 5.57. The van der Waals surface area contributed by atoms with E-state index in [9.17, 15) is 5.11 Å². The van der Waals surface area contributed by atoms with Crippen molar-refractivity contribution in [2.75, 3.05) is 6.54 Å². The lowest BCUT2D eigenvalue weighted by Crippen LogP contribution is -2.38. The SMILES string of the molecule is OC(c1cc(Br)nc2ccccc12)C1CCCCN1. The molecule has 2 atom stereocenters. The Labute approximate surface area is 121 Å². The number of nitrogens with one attached hydrogen (secondary N) is 1. The molecule has 1 aromatic carbocycles. The average molecular weight is 321 g/mol. The highest BCUT2D eigenvalue weighted by atomic mass is 79.9. The third-order valence-corrected chi connectivity index (χ3v) is 4.17. The second-order valence-corrected chi connectivity index (χ2v) is 5.87. The molecule has 4 heteroatoms. The van der Waals surface area contributed by atoms with Gasteiger partial charge >= 0.3 is 0 Å². The number of para-hydroxylation sites is 1. The second-order valence-electron chi connectivity index (χ2n) is 5.05.